The summed E-state index contributed by atoms with van der Waals surface area (Å²) < 4.78 is 10.8. The van der Waals surface area contributed by atoms with E-state index in [-0.39, 0.29) is 10.7 Å². The minimum atomic E-state index is -0.989. The van der Waals surface area contributed by atoms with Crippen LogP contribution in [-0.4, -0.2) is 30.5 Å². The van der Waals surface area contributed by atoms with Crippen molar-refractivity contribution in [3.63, 3.8) is 0 Å². The average Bonchev–Trinajstić information content (AvgIpc) is 2.68. The van der Waals surface area contributed by atoms with Crippen molar-refractivity contribution in [3.8, 4) is 5.75 Å². The van der Waals surface area contributed by atoms with Gasteiger partial charge in [-0.2, -0.15) is 0 Å². The molecule has 0 radical (unpaired) electrons. The number of amidine groups is 1. The molecule has 1 aromatic carbocycles. The van der Waals surface area contributed by atoms with E-state index in [1.54, 1.807) is 6.20 Å². The minimum absolute atomic E-state index is 0.184. The first kappa shape index (κ1) is 16.6. The molecule has 1 N–H and O–H groups in total. The molecule has 1 spiro atoms. The molecule has 26 heavy (non-hydrogen) atoms. The Labute approximate surface area is 155 Å². The van der Waals surface area contributed by atoms with Crippen LogP contribution in [0.15, 0.2) is 64.4 Å². The third kappa shape index (κ3) is 2.54. The standard InChI is InChI=1S/C19H16ClN3O3/c1-25-18(24)15-16(20)22-17(13-7-4-5-10-21-13)23-19(15)9-11-26-14-8-3-2-6-12(14)19/h2-8,10H,9,11H2,1H3,(H,22,23). The van der Waals surface area contributed by atoms with Crippen LogP contribution in [-0.2, 0) is 15.1 Å². The number of benzene rings is 1. The summed E-state index contributed by atoms with van der Waals surface area (Å²) in [7, 11) is 1.33. The molecule has 4 rings (SSSR count). The lowest BCUT2D eigenvalue weighted by molar-refractivity contribution is -0.137. The number of aromatic nitrogens is 1. The maximum atomic E-state index is 12.6. The van der Waals surface area contributed by atoms with Crippen molar-refractivity contribution in [2.75, 3.05) is 13.7 Å². The lowest BCUT2D eigenvalue weighted by atomic mass is 9.78. The number of rotatable bonds is 2. The Hall–Kier alpha value is -2.86. The Kier molecular flexibility index (Phi) is 4.12. The molecule has 1 aromatic heterocycles. The predicted octanol–water partition coefficient (Wildman–Crippen LogP) is 2.73. The maximum Gasteiger partial charge on any atom is 0.339 e. The van der Waals surface area contributed by atoms with Gasteiger partial charge in [0, 0.05) is 18.2 Å². The maximum absolute atomic E-state index is 12.6. The second-order valence-corrected chi connectivity index (χ2v) is 6.31. The summed E-state index contributed by atoms with van der Waals surface area (Å²) >= 11 is 6.51. The van der Waals surface area contributed by atoms with Gasteiger partial charge < -0.3 is 14.8 Å². The van der Waals surface area contributed by atoms with Crippen LogP contribution in [0.2, 0.25) is 0 Å². The SMILES string of the molecule is COC(=O)C1=C(Cl)NC(c2ccccn2)=NC12CCOc1ccccc12. The number of para-hydroxylation sites is 1. The molecule has 1 atom stereocenters. The number of hydrogen-bond acceptors (Lipinski definition) is 6. The number of aliphatic imine (C=N–C) groups is 1. The highest BCUT2D eigenvalue weighted by Gasteiger charge is 2.48. The van der Waals surface area contributed by atoms with E-state index < -0.39 is 11.5 Å². The van der Waals surface area contributed by atoms with Gasteiger partial charge in [-0.15, -0.1) is 0 Å². The highest BCUT2D eigenvalue weighted by Crippen LogP contribution is 2.48. The molecule has 0 fully saturated rings. The van der Waals surface area contributed by atoms with Gasteiger partial charge in [0.2, 0.25) is 0 Å². The van der Waals surface area contributed by atoms with Crippen molar-refractivity contribution in [1.29, 1.82) is 0 Å². The molecule has 6 nitrogen and oxygen atoms in total. The van der Waals surface area contributed by atoms with Crippen molar-refractivity contribution < 1.29 is 14.3 Å². The van der Waals surface area contributed by atoms with Gasteiger partial charge in [0.05, 0.1) is 13.7 Å². The van der Waals surface area contributed by atoms with Crippen LogP contribution in [0.3, 0.4) is 0 Å². The number of ether oxygens (including phenoxy) is 2. The molecular formula is C19H16ClN3O3. The molecule has 2 aliphatic heterocycles. The number of carbonyl (C=O) groups excluding carboxylic acids is 1. The number of esters is 1. The fourth-order valence-electron chi connectivity index (χ4n) is 3.36. The van der Waals surface area contributed by atoms with Crippen LogP contribution in [0, 0.1) is 0 Å². The first-order valence-corrected chi connectivity index (χ1v) is 8.52. The Balaban J connectivity index is 1.97. The zero-order valence-corrected chi connectivity index (χ0v) is 14.8. The van der Waals surface area contributed by atoms with Gasteiger partial charge in [-0.25, -0.2) is 9.79 Å². The van der Waals surface area contributed by atoms with E-state index in [0.717, 1.165) is 5.56 Å². The molecule has 2 aromatic rings. The molecule has 0 amide bonds. The van der Waals surface area contributed by atoms with Gasteiger partial charge in [0.15, 0.2) is 5.84 Å². The van der Waals surface area contributed by atoms with E-state index in [2.05, 4.69) is 10.3 Å². The molecule has 0 saturated carbocycles. The Morgan fingerprint density at radius 3 is 2.85 bits per heavy atom. The molecule has 132 valence electrons. The monoisotopic (exact) mass is 369 g/mol. The zero-order chi connectivity index (χ0) is 18.1. The topological polar surface area (TPSA) is 72.8 Å². The molecule has 2 aliphatic rings. The molecular weight excluding hydrogens is 354 g/mol. The molecule has 0 saturated heterocycles. The highest BCUT2D eigenvalue weighted by molar-refractivity contribution is 6.33. The van der Waals surface area contributed by atoms with Gasteiger partial charge in [0.25, 0.3) is 0 Å². The highest BCUT2D eigenvalue weighted by atomic mass is 35.5. The van der Waals surface area contributed by atoms with Crippen LogP contribution in [0.1, 0.15) is 17.7 Å². The summed E-state index contributed by atoms with van der Waals surface area (Å²) in [4.78, 5) is 21.8. The molecule has 1 unspecified atom stereocenters. The first-order valence-electron chi connectivity index (χ1n) is 8.15. The predicted molar refractivity (Wildman–Crippen MR) is 97.0 cm³/mol. The summed E-state index contributed by atoms with van der Waals surface area (Å²) in [5.41, 5.74) is 0.701. The zero-order valence-electron chi connectivity index (χ0n) is 14.0. The molecule has 0 bridgehead atoms. The summed E-state index contributed by atoms with van der Waals surface area (Å²) in [6.45, 7) is 0.403. The number of carbonyl (C=O) groups is 1. The van der Waals surface area contributed by atoms with Gasteiger partial charge in [-0.1, -0.05) is 35.9 Å². The van der Waals surface area contributed by atoms with Gasteiger partial charge >= 0.3 is 5.97 Å². The number of nitrogens with one attached hydrogen (secondary N) is 1. The van der Waals surface area contributed by atoms with Gasteiger partial charge in [0.1, 0.15) is 27.7 Å². The minimum Gasteiger partial charge on any atom is -0.493 e. The largest absolute Gasteiger partial charge is 0.493 e. The quantitative estimate of drug-likeness (QED) is 0.651. The van der Waals surface area contributed by atoms with E-state index in [9.17, 15) is 4.79 Å². The number of halogens is 1. The normalized spacial score (nSPS) is 21.4. The van der Waals surface area contributed by atoms with Crippen molar-refractivity contribution in [2.24, 2.45) is 4.99 Å². The lowest BCUT2D eigenvalue weighted by Crippen LogP contribution is -2.44. The van der Waals surface area contributed by atoms with Crippen molar-refractivity contribution >= 4 is 23.4 Å². The average molecular weight is 370 g/mol. The lowest BCUT2D eigenvalue weighted by Gasteiger charge is -2.39. The van der Waals surface area contributed by atoms with Crippen molar-refractivity contribution in [1.82, 2.24) is 10.3 Å². The summed E-state index contributed by atoms with van der Waals surface area (Å²) in [5, 5.41) is 3.18. The number of fused-ring (bicyclic) bond motifs is 2. The number of pyridine rings is 1. The van der Waals surface area contributed by atoms with E-state index >= 15 is 0 Å². The second-order valence-electron chi connectivity index (χ2n) is 5.94. The smallest absolute Gasteiger partial charge is 0.339 e. The number of methoxy groups -OCH3 is 1. The van der Waals surface area contributed by atoms with Crippen LogP contribution in [0.5, 0.6) is 5.75 Å². The Morgan fingerprint density at radius 2 is 2.08 bits per heavy atom. The molecule has 0 aliphatic carbocycles. The van der Waals surface area contributed by atoms with Crippen LogP contribution < -0.4 is 10.1 Å². The first-order chi connectivity index (χ1) is 12.7. The van der Waals surface area contributed by atoms with Crippen molar-refractivity contribution in [2.45, 2.75) is 12.0 Å². The molecule has 7 heteroatoms. The Bertz CT molecular complexity index is 927. The number of nitrogens with zero attached hydrogens (tertiary/aromatic N) is 2. The second kappa shape index (κ2) is 6.46. The fourth-order valence-corrected chi connectivity index (χ4v) is 3.68. The van der Waals surface area contributed by atoms with Gasteiger partial charge in [-0.05, 0) is 18.2 Å². The van der Waals surface area contributed by atoms with Crippen LogP contribution in [0.25, 0.3) is 0 Å². The van der Waals surface area contributed by atoms with E-state index in [1.807, 2.05) is 42.5 Å². The summed E-state index contributed by atoms with van der Waals surface area (Å²) in [6.07, 6.45) is 2.14. The van der Waals surface area contributed by atoms with E-state index in [4.69, 9.17) is 26.1 Å². The third-order valence-corrected chi connectivity index (χ3v) is 4.80. The van der Waals surface area contributed by atoms with Crippen LogP contribution >= 0.6 is 11.6 Å². The number of hydrogen-bond donors (Lipinski definition) is 1. The van der Waals surface area contributed by atoms with Crippen LogP contribution in [0.4, 0.5) is 0 Å². The fraction of sp³-hybridized carbons (Fsp3) is 0.211. The third-order valence-electron chi connectivity index (χ3n) is 4.51. The van der Waals surface area contributed by atoms with Crippen molar-refractivity contribution in [3.05, 3.63) is 70.6 Å². The summed E-state index contributed by atoms with van der Waals surface area (Å²) in [5.74, 6) is 0.652. The van der Waals surface area contributed by atoms with E-state index in [1.165, 1.54) is 7.11 Å². The summed E-state index contributed by atoms with van der Waals surface area (Å²) in [6, 6.07) is 13.0. The Morgan fingerprint density at radius 1 is 1.27 bits per heavy atom. The van der Waals surface area contributed by atoms with Gasteiger partial charge in [-0.3, -0.25) is 4.98 Å². The van der Waals surface area contributed by atoms with E-state index in [0.29, 0.717) is 30.3 Å². The molecule has 3 heterocycles.